The minimum absolute atomic E-state index is 0.0966. The number of aryl methyl sites for hydroxylation is 2. The Hall–Kier alpha value is -3.38. The van der Waals surface area contributed by atoms with Gasteiger partial charge >= 0.3 is 6.03 Å². The van der Waals surface area contributed by atoms with E-state index in [4.69, 9.17) is 9.72 Å². The molecule has 0 aliphatic carbocycles. The number of nitrogens with one attached hydrogen (secondary N) is 2. The van der Waals surface area contributed by atoms with Gasteiger partial charge in [-0.2, -0.15) is 0 Å². The summed E-state index contributed by atoms with van der Waals surface area (Å²) < 4.78 is 6.84. The lowest BCUT2D eigenvalue weighted by Crippen LogP contribution is -2.32. The van der Waals surface area contributed by atoms with E-state index >= 15 is 0 Å². The van der Waals surface area contributed by atoms with Gasteiger partial charge in [-0.3, -0.25) is 0 Å². The van der Waals surface area contributed by atoms with Crippen molar-refractivity contribution in [2.24, 2.45) is 0 Å². The molecule has 5 nitrogen and oxygen atoms in total. The van der Waals surface area contributed by atoms with Crippen LogP contribution in [-0.2, 0) is 0 Å². The van der Waals surface area contributed by atoms with Crippen LogP contribution in [0.25, 0.3) is 20.8 Å². The van der Waals surface area contributed by atoms with E-state index in [0.29, 0.717) is 5.69 Å². The summed E-state index contributed by atoms with van der Waals surface area (Å²) in [6, 6.07) is 19.5. The molecular formula is C24H23N3O2S. The zero-order valence-corrected chi connectivity index (χ0v) is 18.0. The topological polar surface area (TPSA) is 63.2 Å². The molecule has 6 heteroatoms. The average Bonchev–Trinajstić information content (AvgIpc) is 3.15. The van der Waals surface area contributed by atoms with Gasteiger partial charge in [-0.1, -0.05) is 18.2 Å². The van der Waals surface area contributed by atoms with Gasteiger partial charge in [0.1, 0.15) is 10.8 Å². The van der Waals surface area contributed by atoms with Crippen LogP contribution in [-0.4, -0.2) is 17.7 Å². The summed E-state index contributed by atoms with van der Waals surface area (Å²) in [4.78, 5) is 16.8. The van der Waals surface area contributed by atoms with Crippen molar-refractivity contribution >= 4 is 33.3 Å². The quantitative estimate of drug-likeness (QED) is 0.389. The number of amides is 2. The zero-order valence-electron chi connectivity index (χ0n) is 17.2. The van der Waals surface area contributed by atoms with Gasteiger partial charge in [-0.25, -0.2) is 9.78 Å². The number of rotatable bonds is 5. The molecular weight excluding hydrogens is 394 g/mol. The first-order valence-corrected chi connectivity index (χ1v) is 10.5. The summed E-state index contributed by atoms with van der Waals surface area (Å²) in [5, 5.41) is 6.50. The Bertz CT molecular complexity index is 1200. The molecule has 152 valence electrons. The van der Waals surface area contributed by atoms with Crippen LogP contribution in [0, 0.1) is 20.8 Å². The SMILES string of the molecule is Cc1ccc2nc(-c3ccc(NC(=O)NCOc4cccc(C)c4C)cc3)sc2c1. The molecule has 4 aromatic rings. The van der Waals surface area contributed by atoms with Crippen LogP contribution in [0.2, 0.25) is 0 Å². The van der Waals surface area contributed by atoms with E-state index in [1.807, 2.05) is 62.4 Å². The summed E-state index contributed by atoms with van der Waals surface area (Å²) in [6.07, 6.45) is 0. The Balaban J connectivity index is 1.34. The van der Waals surface area contributed by atoms with E-state index in [-0.39, 0.29) is 12.8 Å². The van der Waals surface area contributed by atoms with E-state index in [1.54, 1.807) is 11.3 Å². The van der Waals surface area contributed by atoms with Gasteiger partial charge in [0.25, 0.3) is 0 Å². The van der Waals surface area contributed by atoms with Crippen molar-refractivity contribution < 1.29 is 9.53 Å². The molecule has 1 aromatic heterocycles. The molecule has 0 aliphatic heterocycles. The summed E-state index contributed by atoms with van der Waals surface area (Å²) >= 11 is 1.67. The van der Waals surface area contributed by atoms with Crippen LogP contribution >= 0.6 is 11.3 Å². The number of urea groups is 1. The van der Waals surface area contributed by atoms with Crippen LogP contribution in [0.15, 0.2) is 60.7 Å². The maximum absolute atomic E-state index is 12.1. The zero-order chi connectivity index (χ0) is 21.1. The van der Waals surface area contributed by atoms with Gasteiger partial charge in [-0.05, 0) is 79.9 Å². The van der Waals surface area contributed by atoms with Crippen molar-refractivity contribution in [1.82, 2.24) is 10.3 Å². The normalized spacial score (nSPS) is 10.8. The fraction of sp³-hybridized carbons (Fsp3) is 0.167. The first-order valence-electron chi connectivity index (χ1n) is 9.71. The van der Waals surface area contributed by atoms with Gasteiger partial charge in [-0.15, -0.1) is 11.3 Å². The molecule has 3 aromatic carbocycles. The third-order valence-corrected chi connectivity index (χ3v) is 6.02. The van der Waals surface area contributed by atoms with E-state index in [1.165, 1.54) is 10.3 Å². The lowest BCUT2D eigenvalue weighted by atomic mass is 10.1. The number of benzene rings is 3. The molecule has 30 heavy (non-hydrogen) atoms. The van der Waals surface area contributed by atoms with Crippen molar-refractivity contribution in [2.75, 3.05) is 12.0 Å². The Labute approximate surface area is 179 Å². The number of ether oxygens (including phenoxy) is 1. The highest BCUT2D eigenvalue weighted by Gasteiger charge is 2.08. The predicted molar refractivity (Wildman–Crippen MR) is 123 cm³/mol. The number of fused-ring (bicyclic) bond motifs is 1. The smallest absolute Gasteiger partial charge is 0.321 e. The molecule has 0 spiro atoms. The van der Waals surface area contributed by atoms with Crippen molar-refractivity contribution in [2.45, 2.75) is 20.8 Å². The first-order chi connectivity index (χ1) is 14.5. The number of carbonyl (C=O) groups is 1. The second-order valence-corrected chi connectivity index (χ2v) is 8.22. The fourth-order valence-electron chi connectivity index (χ4n) is 3.09. The Morgan fingerprint density at radius 3 is 2.63 bits per heavy atom. The lowest BCUT2D eigenvalue weighted by molar-refractivity contribution is 0.234. The third kappa shape index (κ3) is 4.44. The second kappa shape index (κ2) is 8.55. The number of aromatic nitrogens is 1. The molecule has 1 heterocycles. The summed E-state index contributed by atoms with van der Waals surface area (Å²) in [7, 11) is 0. The van der Waals surface area contributed by atoms with E-state index < -0.39 is 0 Å². The molecule has 0 aliphatic rings. The number of nitrogens with zero attached hydrogens (tertiary/aromatic N) is 1. The predicted octanol–water partition coefficient (Wildman–Crippen LogP) is 6.05. The maximum atomic E-state index is 12.1. The van der Waals surface area contributed by atoms with Crippen molar-refractivity contribution in [3.05, 3.63) is 77.4 Å². The Morgan fingerprint density at radius 2 is 1.83 bits per heavy atom. The van der Waals surface area contributed by atoms with Crippen LogP contribution in [0.3, 0.4) is 0 Å². The molecule has 4 rings (SSSR count). The Morgan fingerprint density at radius 1 is 1.03 bits per heavy atom. The minimum atomic E-state index is -0.316. The molecule has 0 fully saturated rings. The second-order valence-electron chi connectivity index (χ2n) is 7.19. The van der Waals surface area contributed by atoms with Gasteiger partial charge < -0.3 is 15.4 Å². The monoisotopic (exact) mass is 417 g/mol. The molecule has 0 saturated heterocycles. The third-order valence-electron chi connectivity index (χ3n) is 4.95. The Kier molecular flexibility index (Phi) is 5.68. The number of hydrogen-bond donors (Lipinski definition) is 2. The van der Waals surface area contributed by atoms with Gasteiger partial charge in [0.2, 0.25) is 0 Å². The van der Waals surface area contributed by atoms with Crippen molar-refractivity contribution in [3.8, 4) is 16.3 Å². The molecule has 2 amide bonds. The van der Waals surface area contributed by atoms with Gasteiger partial charge in [0.05, 0.1) is 10.2 Å². The van der Waals surface area contributed by atoms with E-state index in [2.05, 4.69) is 29.7 Å². The average molecular weight is 418 g/mol. The highest BCUT2D eigenvalue weighted by Crippen LogP contribution is 2.31. The molecule has 2 N–H and O–H groups in total. The van der Waals surface area contributed by atoms with Crippen LogP contribution in [0.5, 0.6) is 5.75 Å². The maximum Gasteiger partial charge on any atom is 0.321 e. The summed E-state index contributed by atoms with van der Waals surface area (Å²) in [5.41, 5.74) is 6.19. The highest BCUT2D eigenvalue weighted by atomic mass is 32.1. The van der Waals surface area contributed by atoms with E-state index in [9.17, 15) is 4.79 Å². The molecule has 0 bridgehead atoms. The molecule has 0 unspecified atom stereocenters. The number of carbonyl (C=O) groups excluding carboxylic acids is 1. The van der Waals surface area contributed by atoms with Crippen LogP contribution < -0.4 is 15.4 Å². The van der Waals surface area contributed by atoms with Crippen molar-refractivity contribution in [1.29, 1.82) is 0 Å². The first kappa shape index (κ1) is 19.9. The van der Waals surface area contributed by atoms with Gasteiger partial charge in [0, 0.05) is 11.3 Å². The molecule has 0 atom stereocenters. The summed E-state index contributed by atoms with van der Waals surface area (Å²) in [6.45, 7) is 6.21. The van der Waals surface area contributed by atoms with E-state index in [0.717, 1.165) is 33.0 Å². The van der Waals surface area contributed by atoms with Crippen molar-refractivity contribution in [3.63, 3.8) is 0 Å². The fourth-order valence-corrected chi connectivity index (χ4v) is 4.16. The lowest BCUT2D eigenvalue weighted by Gasteiger charge is -2.12. The summed E-state index contributed by atoms with van der Waals surface area (Å²) in [5.74, 6) is 0.769. The number of anilines is 1. The number of thiazole rings is 1. The molecule has 0 saturated carbocycles. The van der Waals surface area contributed by atoms with Gasteiger partial charge in [0.15, 0.2) is 6.73 Å². The largest absolute Gasteiger partial charge is 0.473 e. The minimum Gasteiger partial charge on any atom is -0.473 e. The molecule has 0 radical (unpaired) electrons. The van der Waals surface area contributed by atoms with Crippen LogP contribution in [0.4, 0.5) is 10.5 Å². The van der Waals surface area contributed by atoms with Crippen LogP contribution in [0.1, 0.15) is 16.7 Å². The highest BCUT2D eigenvalue weighted by molar-refractivity contribution is 7.21. The number of hydrogen-bond acceptors (Lipinski definition) is 4. The standard InChI is InChI=1S/C24H23N3O2S/c1-15-7-12-20-22(13-15)30-23(27-20)18-8-10-19(11-9-18)26-24(28)25-14-29-21-6-4-5-16(2)17(21)3/h4-13H,14H2,1-3H3,(H2,25,26,28).